The predicted octanol–water partition coefficient (Wildman–Crippen LogP) is 11.7. The third-order valence-electron chi connectivity index (χ3n) is 9.80. The Hall–Kier alpha value is -1.28. The normalized spacial score (nSPS) is 14.7. The Labute approximate surface area is 334 Å². The number of nitrogens with one attached hydrogen (secondary N) is 1. The van der Waals surface area contributed by atoms with Gasteiger partial charge in [0, 0.05) is 6.42 Å². The average Bonchev–Trinajstić information content (AvgIpc) is 3.11. The van der Waals surface area contributed by atoms with Crippen LogP contribution in [0.3, 0.4) is 0 Å². The van der Waals surface area contributed by atoms with Crippen LogP contribution in [-0.4, -0.2) is 68.5 Å². The number of unbranched alkanes of at least 4 members (excludes halogenated alkanes) is 23. The van der Waals surface area contributed by atoms with Crippen LogP contribution in [0.15, 0.2) is 36.5 Å². The number of aliphatic hydroxyl groups is 1. The number of amides is 1. The molecule has 0 saturated heterocycles. The number of carbonyl (C=O) groups is 1. The zero-order valence-corrected chi connectivity index (χ0v) is 36.8. The largest absolute Gasteiger partial charge is 0.756 e. The molecule has 0 saturated carbocycles. The highest BCUT2D eigenvalue weighted by atomic mass is 31.2. The number of hydrogen-bond donors (Lipinski definition) is 2. The Morgan fingerprint density at radius 2 is 1.04 bits per heavy atom. The standard InChI is InChI=1S/C45H87N2O6P/c1-6-8-9-10-11-12-13-14-15-16-17-18-19-20-21-22-23-24-25-26-27-28-29-30-31-32-33-34-35-36-37-39-44(48)43(46-45(49)38-7-2)42-53-54(50,51)52-41-40-47(3,4)5/h29-30,33-34,37,39,43-44,48H,6-28,31-32,35-36,38,40-42H2,1-5H3,(H-,46,49,50,51)/b30-29+,34-33+,39-37+. The fourth-order valence-corrected chi connectivity index (χ4v) is 7.01. The first kappa shape index (κ1) is 52.7. The highest BCUT2D eigenvalue weighted by Gasteiger charge is 2.23. The van der Waals surface area contributed by atoms with Crippen LogP contribution in [0.2, 0.25) is 0 Å². The van der Waals surface area contributed by atoms with E-state index in [0.29, 0.717) is 17.4 Å². The second kappa shape index (κ2) is 37.3. The van der Waals surface area contributed by atoms with Gasteiger partial charge < -0.3 is 28.8 Å². The molecule has 0 aromatic rings. The minimum absolute atomic E-state index is 0.0108. The van der Waals surface area contributed by atoms with Crippen LogP contribution >= 0.6 is 7.82 Å². The molecule has 0 aliphatic carbocycles. The highest BCUT2D eigenvalue weighted by Crippen LogP contribution is 2.38. The van der Waals surface area contributed by atoms with Crippen molar-refractivity contribution in [3.05, 3.63) is 36.5 Å². The van der Waals surface area contributed by atoms with Gasteiger partial charge in [-0.15, -0.1) is 0 Å². The van der Waals surface area contributed by atoms with Gasteiger partial charge in [-0.05, 0) is 44.9 Å². The van der Waals surface area contributed by atoms with E-state index in [0.717, 1.165) is 25.7 Å². The summed E-state index contributed by atoms with van der Waals surface area (Å²) in [5.74, 6) is -0.266. The Kier molecular flexibility index (Phi) is 36.4. The van der Waals surface area contributed by atoms with Crippen LogP contribution in [0.4, 0.5) is 0 Å². The first-order valence-electron chi connectivity index (χ1n) is 22.4. The van der Waals surface area contributed by atoms with Gasteiger partial charge in [0.15, 0.2) is 0 Å². The van der Waals surface area contributed by atoms with Gasteiger partial charge in [-0.1, -0.05) is 179 Å². The van der Waals surface area contributed by atoms with E-state index in [-0.39, 0.29) is 18.9 Å². The highest BCUT2D eigenvalue weighted by molar-refractivity contribution is 7.45. The van der Waals surface area contributed by atoms with E-state index >= 15 is 0 Å². The number of allylic oxidation sites excluding steroid dienone is 5. The Morgan fingerprint density at radius 1 is 0.630 bits per heavy atom. The number of phosphoric ester groups is 1. The summed E-state index contributed by atoms with van der Waals surface area (Å²) in [5, 5.41) is 13.4. The van der Waals surface area contributed by atoms with Crippen molar-refractivity contribution < 1.29 is 32.9 Å². The SMILES string of the molecule is CCCCCCCCCCCCCCCCCCCCCCC/C=C/CC/C=C/CC/C=C/C(O)C(COP(=O)([O-])OCC[N+](C)(C)C)NC(=O)CCC. The molecular weight excluding hydrogens is 695 g/mol. The molecule has 0 rings (SSSR count). The number of phosphoric acid groups is 1. The van der Waals surface area contributed by atoms with E-state index in [4.69, 9.17) is 9.05 Å². The minimum Gasteiger partial charge on any atom is -0.756 e. The number of nitrogens with zero attached hydrogens (tertiary/aromatic N) is 1. The van der Waals surface area contributed by atoms with Crippen LogP contribution in [0.25, 0.3) is 0 Å². The van der Waals surface area contributed by atoms with Crippen molar-refractivity contribution in [1.29, 1.82) is 0 Å². The van der Waals surface area contributed by atoms with Gasteiger partial charge in [-0.2, -0.15) is 0 Å². The van der Waals surface area contributed by atoms with Crippen LogP contribution < -0.4 is 10.2 Å². The summed E-state index contributed by atoms with van der Waals surface area (Å²) < 4.78 is 22.7. The van der Waals surface area contributed by atoms with Gasteiger partial charge in [-0.3, -0.25) is 9.36 Å². The molecule has 0 aromatic carbocycles. The van der Waals surface area contributed by atoms with E-state index in [1.54, 1.807) is 6.08 Å². The number of rotatable bonds is 40. The summed E-state index contributed by atoms with van der Waals surface area (Å²) in [6.07, 6.45) is 46.9. The van der Waals surface area contributed by atoms with Gasteiger partial charge in [0.25, 0.3) is 7.82 Å². The predicted molar refractivity (Wildman–Crippen MR) is 228 cm³/mol. The molecule has 8 nitrogen and oxygen atoms in total. The quantitative estimate of drug-likeness (QED) is 0.0277. The summed E-state index contributed by atoms with van der Waals surface area (Å²) in [5.41, 5.74) is 0. The molecule has 318 valence electrons. The van der Waals surface area contributed by atoms with Crippen molar-refractivity contribution in [2.75, 3.05) is 40.9 Å². The van der Waals surface area contributed by atoms with E-state index in [1.807, 2.05) is 34.1 Å². The van der Waals surface area contributed by atoms with E-state index in [9.17, 15) is 19.4 Å². The lowest BCUT2D eigenvalue weighted by molar-refractivity contribution is -0.870. The second-order valence-corrected chi connectivity index (χ2v) is 17.8. The third kappa shape index (κ3) is 39.0. The van der Waals surface area contributed by atoms with Crippen molar-refractivity contribution in [3.63, 3.8) is 0 Å². The molecule has 1 amide bonds. The Balaban J connectivity index is 3.83. The summed E-state index contributed by atoms with van der Waals surface area (Å²) in [6, 6.07) is -0.902. The summed E-state index contributed by atoms with van der Waals surface area (Å²) in [4.78, 5) is 24.4. The fraction of sp³-hybridized carbons (Fsp3) is 0.844. The van der Waals surface area contributed by atoms with Gasteiger partial charge in [-0.25, -0.2) is 0 Å². The molecule has 3 unspecified atom stereocenters. The molecule has 0 spiro atoms. The Morgan fingerprint density at radius 3 is 1.46 bits per heavy atom. The third-order valence-corrected chi connectivity index (χ3v) is 10.8. The van der Waals surface area contributed by atoms with Crippen LogP contribution in [0.1, 0.15) is 194 Å². The van der Waals surface area contributed by atoms with E-state index in [1.165, 1.54) is 141 Å². The zero-order chi connectivity index (χ0) is 40.0. The second-order valence-electron chi connectivity index (χ2n) is 16.4. The molecule has 0 aromatic heterocycles. The maximum atomic E-state index is 12.2. The van der Waals surface area contributed by atoms with Crippen LogP contribution in [-0.2, 0) is 18.4 Å². The van der Waals surface area contributed by atoms with Crippen molar-refractivity contribution in [2.24, 2.45) is 0 Å². The first-order valence-corrected chi connectivity index (χ1v) is 23.8. The number of carbonyl (C=O) groups excluding carboxylic acids is 1. The maximum Gasteiger partial charge on any atom is 0.268 e. The summed E-state index contributed by atoms with van der Waals surface area (Å²) in [6.45, 7) is 4.24. The van der Waals surface area contributed by atoms with Crippen molar-refractivity contribution in [2.45, 2.75) is 206 Å². The zero-order valence-electron chi connectivity index (χ0n) is 35.9. The lowest BCUT2D eigenvalue weighted by Crippen LogP contribution is -2.45. The minimum atomic E-state index is -4.57. The molecule has 0 fully saturated rings. The number of hydrogen-bond acceptors (Lipinski definition) is 6. The topological polar surface area (TPSA) is 108 Å². The first-order chi connectivity index (χ1) is 26.0. The van der Waals surface area contributed by atoms with Crippen molar-refractivity contribution in [3.8, 4) is 0 Å². The number of aliphatic hydroxyl groups excluding tert-OH is 1. The lowest BCUT2D eigenvalue weighted by Gasteiger charge is -2.29. The molecule has 0 aliphatic heterocycles. The van der Waals surface area contributed by atoms with Gasteiger partial charge in [0.05, 0.1) is 39.9 Å². The number of likely N-dealkylation sites (N-methyl/N-ethyl adjacent to an activating group) is 1. The van der Waals surface area contributed by atoms with Crippen molar-refractivity contribution in [1.82, 2.24) is 5.32 Å². The number of quaternary nitrogens is 1. The summed E-state index contributed by atoms with van der Waals surface area (Å²) >= 11 is 0. The summed E-state index contributed by atoms with van der Waals surface area (Å²) in [7, 11) is 1.23. The molecule has 0 radical (unpaired) electrons. The van der Waals surface area contributed by atoms with E-state index in [2.05, 4.69) is 36.5 Å². The molecule has 2 N–H and O–H groups in total. The molecule has 9 heteroatoms. The molecule has 0 aliphatic rings. The fourth-order valence-electron chi connectivity index (χ4n) is 6.29. The molecular formula is C45H87N2O6P. The van der Waals surface area contributed by atoms with Crippen LogP contribution in [0.5, 0.6) is 0 Å². The molecule has 54 heavy (non-hydrogen) atoms. The smallest absolute Gasteiger partial charge is 0.268 e. The lowest BCUT2D eigenvalue weighted by atomic mass is 10.0. The molecule has 3 atom stereocenters. The van der Waals surface area contributed by atoms with E-state index < -0.39 is 26.6 Å². The maximum absolute atomic E-state index is 12.2. The van der Waals surface area contributed by atoms with Crippen LogP contribution in [0, 0.1) is 0 Å². The van der Waals surface area contributed by atoms with Gasteiger partial charge in [0.1, 0.15) is 13.2 Å². The molecule has 0 bridgehead atoms. The molecule has 0 heterocycles. The Bertz CT molecular complexity index is 980. The monoisotopic (exact) mass is 783 g/mol. The van der Waals surface area contributed by atoms with Gasteiger partial charge in [0.2, 0.25) is 5.91 Å². The van der Waals surface area contributed by atoms with Gasteiger partial charge >= 0.3 is 0 Å². The van der Waals surface area contributed by atoms with Crippen molar-refractivity contribution >= 4 is 13.7 Å². The average molecular weight is 783 g/mol.